The summed E-state index contributed by atoms with van der Waals surface area (Å²) < 4.78 is 7.56. The summed E-state index contributed by atoms with van der Waals surface area (Å²) in [6.07, 6.45) is 5.83. The average molecular weight is 359 g/mol. The van der Waals surface area contributed by atoms with Crippen LogP contribution in [0.5, 0.6) is 0 Å². The first-order valence-corrected chi connectivity index (χ1v) is 9.06. The number of hydrogen-bond donors (Lipinski definition) is 1. The highest BCUT2D eigenvalue weighted by atomic mass is 16.5. The normalized spacial score (nSPS) is 20.1. The summed E-state index contributed by atoms with van der Waals surface area (Å²) in [6, 6.07) is 4.38. The quantitative estimate of drug-likeness (QED) is 0.706. The fourth-order valence-corrected chi connectivity index (χ4v) is 3.40. The van der Waals surface area contributed by atoms with Crippen LogP contribution in [0, 0.1) is 0 Å². The van der Waals surface area contributed by atoms with Crippen LogP contribution < -0.4 is 10.2 Å². The molecule has 2 aromatic rings. The largest absolute Gasteiger partial charge is 0.378 e. The first-order valence-electron chi connectivity index (χ1n) is 9.06. The predicted octanol–water partition coefficient (Wildman–Crippen LogP) is 1.02. The van der Waals surface area contributed by atoms with E-state index in [1.807, 2.05) is 30.2 Å². The molecule has 26 heavy (non-hydrogen) atoms. The van der Waals surface area contributed by atoms with Gasteiger partial charge in [0, 0.05) is 51.9 Å². The molecule has 2 aromatic heterocycles. The van der Waals surface area contributed by atoms with Crippen molar-refractivity contribution in [2.45, 2.75) is 25.0 Å². The molecule has 0 aliphatic carbocycles. The predicted molar refractivity (Wildman–Crippen MR) is 103 cm³/mol. The third-order valence-electron chi connectivity index (χ3n) is 4.98. The third kappa shape index (κ3) is 4.31. The van der Waals surface area contributed by atoms with Crippen molar-refractivity contribution in [1.29, 1.82) is 0 Å². The Hall–Kier alpha value is -2.19. The standard InChI is InChI=1S/C18H29N7O/c1-23(2)15-12-25(13-16(15)26-4)17-8-10-20-18(22-17)19-9-5-6-14-7-11-21-24(14)3/h7-8,10-11,15-16H,5-6,9,12-13H2,1-4H3,(H,19,20,22)/t15-,16+/m0/s1. The minimum Gasteiger partial charge on any atom is -0.378 e. The molecule has 0 amide bonds. The van der Waals surface area contributed by atoms with E-state index in [-0.39, 0.29) is 6.10 Å². The van der Waals surface area contributed by atoms with Crippen molar-refractivity contribution in [2.75, 3.05) is 51.1 Å². The Morgan fingerprint density at radius 2 is 2.12 bits per heavy atom. The number of likely N-dealkylation sites (N-methyl/N-ethyl adjacent to an activating group) is 1. The molecule has 8 heteroatoms. The van der Waals surface area contributed by atoms with Crippen LogP contribution in [0.1, 0.15) is 12.1 Å². The fourth-order valence-electron chi connectivity index (χ4n) is 3.40. The minimum absolute atomic E-state index is 0.190. The van der Waals surface area contributed by atoms with Crippen molar-refractivity contribution in [2.24, 2.45) is 7.05 Å². The van der Waals surface area contributed by atoms with Gasteiger partial charge >= 0.3 is 0 Å². The van der Waals surface area contributed by atoms with Gasteiger partial charge in [-0.1, -0.05) is 0 Å². The fraction of sp³-hybridized carbons (Fsp3) is 0.611. The Morgan fingerprint density at radius 1 is 1.27 bits per heavy atom. The summed E-state index contributed by atoms with van der Waals surface area (Å²) in [5.74, 6) is 1.62. The molecule has 0 radical (unpaired) electrons. The zero-order chi connectivity index (χ0) is 18.5. The molecule has 0 unspecified atom stereocenters. The molecule has 1 saturated heterocycles. The van der Waals surface area contributed by atoms with E-state index in [0.29, 0.717) is 12.0 Å². The van der Waals surface area contributed by atoms with E-state index < -0.39 is 0 Å². The van der Waals surface area contributed by atoms with Crippen molar-refractivity contribution in [1.82, 2.24) is 24.6 Å². The highest BCUT2D eigenvalue weighted by molar-refractivity contribution is 5.44. The van der Waals surface area contributed by atoms with E-state index in [9.17, 15) is 0 Å². The number of methoxy groups -OCH3 is 1. The van der Waals surface area contributed by atoms with Crippen molar-refractivity contribution >= 4 is 11.8 Å². The van der Waals surface area contributed by atoms with Crippen molar-refractivity contribution in [3.63, 3.8) is 0 Å². The summed E-state index contributed by atoms with van der Waals surface area (Å²) in [4.78, 5) is 13.5. The zero-order valence-electron chi connectivity index (χ0n) is 16.1. The second-order valence-corrected chi connectivity index (χ2v) is 6.93. The smallest absolute Gasteiger partial charge is 0.224 e. The van der Waals surface area contributed by atoms with E-state index >= 15 is 0 Å². The highest BCUT2D eigenvalue weighted by Gasteiger charge is 2.34. The van der Waals surface area contributed by atoms with Gasteiger partial charge in [0.2, 0.25) is 5.95 Å². The Labute approximate surface area is 155 Å². The maximum Gasteiger partial charge on any atom is 0.224 e. The van der Waals surface area contributed by atoms with Gasteiger partial charge in [0.05, 0.1) is 12.1 Å². The van der Waals surface area contributed by atoms with Gasteiger partial charge in [-0.15, -0.1) is 0 Å². The summed E-state index contributed by atoms with van der Waals surface area (Å²) in [5, 5.41) is 7.52. The molecular formula is C18H29N7O. The van der Waals surface area contributed by atoms with Crippen LogP contribution in [0.4, 0.5) is 11.8 Å². The van der Waals surface area contributed by atoms with Gasteiger partial charge in [-0.25, -0.2) is 4.98 Å². The molecule has 0 aromatic carbocycles. The lowest BCUT2D eigenvalue weighted by Crippen LogP contribution is -2.39. The lowest BCUT2D eigenvalue weighted by Gasteiger charge is -2.23. The number of aryl methyl sites for hydroxylation is 2. The lowest BCUT2D eigenvalue weighted by molar-refractivity contribution is 0.0639. The second kappa shape index (κ2) is 8.46. The molecule has 0 bridgehead atoms. The van der Waals surface area contributed by atoms with Gasteiger partial charge in [0.1, 0.15) is 5.82 Å². The molecule has 2 atom stereocenters. The van der Waals surface area contributed by atoms with Crippen LogP contribution in [0.2, 0.25) is 0 Å². The molecule has 0 spiro atoms. The summed E-state index contributed by atoms with van der Waals surface area (Å²) >= 11 is 0. The van der Waals surface area contributed by atoms with Gasteiger partial charge < -0.3 is 19.9 Å². The highest BCUT2D eigenvalue weighted by Crippen LogP contribution is 2.22. The maximum atomic E-state index is 5.64. The van der Waals surface area contributed by atoms with E-state index in [2.05, 4.69) is 50.3 Å². The first-order chi connectivity index (χ1) is 12.6. The summed E-state index contributed by atoms with van der Waals surface area (Å²) in [6.45, 7) is 2.58. The summed E-state index contributed by atoms with van der Waals surface area (Å²) in [7, 11) is 7.93. The molecule has 142 valence electrons. The number of hydrogen-bond acceptors (Lipinski definition) is 7. The molecule has 3 rings (SSSR count). The van der Waals surface area contributed by atoms with Crippen molar-refractivity contribution in [3.05, 3.63) is 30.2 Å². The van der Waals surface area contributed by atoms with Crippen LogP contribution >= 0.6 is 0 Å². The van der Waals surface area contributed by atoms with Gasteiger partial charge in [0.25, 0.3) is 0 Å². The van der Waals surface area contributed by atoms with Crippen molar-refractivity contribution < 1.29 is 4.74 Å². The SMILES string of the molecule is CO[C@@H]1CN(c2ccnc(NCCCc3ccnn3C)n2)C[C@@H]1N(C)C. The second-order valence-electron chi connectivity index (χ2n) is 6.93. The molecule has 1 aliphatic rings. The van der Waals surface area contributed by atoms with E-state index in [0.717, 1.165) is 38.3 Å². The molecule has 3 heterocycles. The first kappa shape index (κ1) is 18.6. The zero-order valence-corrected chi connectivity index (χ0v) is 16.1. The molecule has 1 fully saturated rings. The average Bonchev–Trinajstić information content (AvgIpc) is 3.25. The minimum atomic E-state index is 0.190. The van der Waals surface area contributed by atoms with E-state index in [1.165, 1.54) is 5.69 Å². The Balaban J connectivity index is 1.54. The molecular weight excluding hydrogens is 330 g/mol. The van der Waals surface area contributed by atoms with Crippen molar-refractivity contribution in [3.8, 4) is 0 Å². The molecule has 1 N–H and O–H groups in total. The number of aromatic nitrogens is 4. The lowest BCUT2D eigenvalue weighted by atomic mass is 10.2. The van der Waals surface area contributed by atoms with Crippen LogP contribution in [0.3, 0.4) is 0 Å². The van der Waals surface area contributed by atoms with Gasteiger partial charge in [-0.3, -0.25) is 4.68 Å². The molecule has 0 saturated carbocycles. The van der Waals surface area contributed by atoms with Gasteiger partial charge in [-0.05, 0) is 39.1 Å². The third-order valence-corrected chi connectivity index (χ3v) is 4.98. The van der Waals surface area contributed by atoms with Gasteiger partial charge in [0.15, 0.2) is 0 Å². The molecule has 8 nitrogen and oxygen atoms in total. The number of nitrogens with one attached hydrogen (secondary N) is 1. The van der Waals surface area contributed by atoms with Gasteiger partial charge in [-0.2, -0.15) is 10.1 Å². The number of ether oxygens (including phenoxy) is 1. The Morgan fingerprint density at radius 3 is 2.77 bits per heavy atom. The maximum absolute atomic E-state index is 5.64. The Bertz CT molecular complexity index is 702. The number of nitrogens with zero attached hydrogens (tertiary/aromatic N) is 6. The Kier molecular flexibility index (Phi) is 6.05. The van der Waals surface area contributed by atoms with Crippen LogP contribution in [-0.2, 0) is 18.2 Å². The summed E-state index contributed by atoms with van der Waals surface area (Å²) in [5.41, 5.74) is 1.24. The monoisotopic (exact) mass is 359 g/mol. The van der Waals surface area contributed by atoms with E-state index in [1.54, 1.807) is 7.11 Å². The van der Waals surface area contributed by atoms with Crippen LogP contribution in [0.15, 0.2) is 24.5 Å². The van der Waals surface area contributed by atoms with Crippen LogP contribution in [-0.4, -0.2) is 77.6 Å². The van der Waals surface area contributed by atoms with E-state index in [4.69, 9.17) is 4.74 Å². The number of anilines is 2. The van der Waals surface area contributed by atoms with Crippen LogP contribution in [0.25, 0.3) is 0 Å². The topological polar surface area (TPSA) is 71.3 Å². The number of rotatable bonds is 8. The molecule has 1 aliphatic heterocycles.